The minimum Gasteiger partial charge on any atom is -0.375 e. The lowest BCUT2D eigenvalue weighted by atomic mass is 9.77. The van der Waals surface area contributed by atoms with Crippen LogP contribution in [0.1, 0.15) is 48.9 Å². The van der Waals surface area contributed by atoms with Gasteiger partial charge in [-0.25, -0.2) is 4.98 Å². The highest BCUT2D eigenvalue weighted by atomic mass is 15.0. The van der Waals surface area contributed by atoms with Crippen LogP contribution in [0.15, 0.2) is 43.1 Å². The van der Waals surface area contributed by atoms with E-state index in [2.05, 4.69) is 58.4 Å². The van der Waals surface area contributed by atoms with Crippen LogP contribution < -0.4 is 5.32 Å². The fourth-order valence-electron chi connectivity index (χ4n) is 4.69. The van der Waals surface area contributed by atoms with Crippen molar-refractivity contribution < 1.29 is 0 Å². The third kappa shape index (κ3) is 2.15. The Morgan fingerprint density at radius 2 is 1.88 bits per heavy atom. The van der Waals surface area contributed by atoms with Gasteiger partial charge in [0.2, 0.25) is 0 Å². The van der Waals surface area contributed by atoms with Crippen molar-refractivity contribution in [3.63, 3.8) is 0 Å². The summed E-state index contributed by atoms with van der Waals surface area (Å²) in [5.74, 6) is 0. The van der Waals surface area contributed by atoms with E-state index >= 15 is 0 Å². The maximum atomic E-state index is 4.61. The number of pyridine rings is 1. The first-order valence-corrected chi connectivity index (χ1v) is 9.23. The molecule has 0 unspecified atom stereocenters. The maximum Gasteiger partial charge on any atom is 0.138 e. The highest BCUT2D eigenvalue weighted by Crippen LogP contribution is 2.47. The van der Waals surface area contributed by atoms with Crippen molar-refractivity contribution in [2.45, 2.75) is 44.6 Å². The molecular weight excluding hydrogens is 306 g/mol. The van der Waals surface area contributed by atoms with Crippen molar-refractivity contribution in [2.75, 3.05) is 0 Å². The summed E-state index contributed by atoms with van der Waals surface area (Å²) in [6.45, 7) is 6.30. The first-order valence-electron chi connectivity index (χ1n) is 9.23. The lowest BCUT2D eigenvalue weighted by molar-refractivity contribution is 0.276. The molecule has 25 heavy (non-hydrogen) atoms. The van der Waals surface area contributed by atoms with Crippen LogP contribution in [0.3, 0.4) is 0 Å². The van der Waals surface area contributed by atoms with E-state index in [1.165, 1.54) is 59.7 Å². The van der Waals surface area contributed by atoms with Crippen molar-refractivity contribution in [3.05, 3.63) is 59.9 Å². The van der Waals surface area contributed by atoms with E-state index in [9.17, 15) is 0 Å². The Hall–Kier alpha value is -2.55. The standard InChI is InChI=1S/C22H23N3/c1-14-6-8-18-19(13-23-21(18)24-14)16-7-9-17-15(2)25-22(20(17)12-16)10-4-3-5-11-22/h6-9,12-13,25H,2-5,10-11H2,1H3,(H,23,24). The molecule has 2 aromatic heterocycles. The third-order valence-corrected chi connectivity index (χ3v) is 5.95. The zero-order chi connectivity index (χ0) is 17.0. The average molecular weight is 329 g/mol. The molecule has 2 aliphatic rings. The van der Waals surface area contributed by atoms with E-state index in [4.69, 9.17) is 0 Å². The number of H-pyrrole nitrogens is 1. The van der Waals surface area contributed by atoms with Gasteiger partial charge in [0, 0.05) is 34.1 Å². The number of hydrogen-bond donors (Lipinski definition) is 2. The molecule has 126 valence electrons. The molecule has 1 fully saturated rings. The van der Waals surface area contributed by atoms with Crippen molar-refractivity contribution in [1.29, 1.82) is 0 Å². The molecule has 1 spiro atoms. The monoisotopic (exact) mass is 329 g/mol. The highest BCUT2D eigenvalue weighted by molar-refractivity contribution is 5.94. The van der Waals surface area contributed by atoms with Crippen LogP contribution in [-0.4, -0.2) is 9.97 Å². The highest BCUT2D eigenvalue weighted by Gasteiger charge is 2.41. The number of aromatic nitrogens is 2. The second-order valence-electron chi connectivity index (χ2n) is 7.56. The zero-order valence-corrected chi connectivity index (χ0v) is 14.7. The summed E-state index contributed by atoms with van der Waals surface area (Å²) in [6, 6.07) is 11.1. The number of aryl methyl sites for hydroxylation is 1. The molecule has 3 heteroatoms. The van der Waals surface area contributed by atoms with Crippen LogP contribution in [-0.2, 0) is 5.54 Å². The molecule has 0 amide bonds. The largest absolute Gasteiger partial charge is 0.375 e. The first-order chi connectivity index (χ1) is 12.2. The Bertz CT molecular complexity index is 990. The summed E-state index contributed by atoms with van der Waals surface area (Å²) in [4.78, 5) is 7.94. The lowest BCUT2D eigenvalue weighted by Crippen LogP contribution is -2.38. The predicted molar refractivity (Wildman–Crippen MR) is 103 cm³/mol. The number of rotatable bonds is 1. The van der Waals surface area contributed by atoms with Gasteiger partial charge in [0.05, 0.1) is 5.54 Å². The summed E-state index contributed by atoms with van der Waals surface area (Å²) >= 11 is 0. The van der Waals surface area contributed by atoms with Crippen molar-refractivity contribution in [3.8, 4) is 11.1 Å². The lowest BCUT2D eigenvalue weighted by Gasteiger charge is -2.35. The molecule has 3 aromatic rings. The second kappa shape index (κ2) is 5.22. The van der Waals surface area contributed by atoms with Crippen LogP contribution in [0.5, 0.6) is 0 Å². The molecule has 0 radical (unpaired) electrons. The topological polar surface area (TPSA) is 40.7 Å². The van der Waals surface area contributed by atoms with E-state index < -0.39 is 0 Å². The van der Waals surface area contributed by atoms with Gasteiger partial charge in [-0.3, -0.25) is 0 Å². The van der Waals surface area contributed by atoms with E-state index in [1.54, 1.807) is 0 Å². The molecule has 2 N–H and O–H groups in total. The minimum absolute atomic E-state index is 0.0988. The third-order valence-electron chi connectivity index (χ3n) is 5.95. The van der Waals surface area contributed by atoms with Crippen LogP contribution in [0.25, 0.3) is 27.9 Å². The van der Waals surface area contributed by atoms with Gasteiger partial charge >= 0.3 is 0 Å². The molecule has 1 saturated carbocycles. The first kappa shape index (κ1) is 14.8. The van der Waals surface area contributed by atoms with Gasteiger partial charge in [-0.05, 0) is 49.1 Å². The number of hydrogen-bond acceptors (Lipinski definition) is 2. The average Bonchev–Trinajstić information content (AvgIpc) is 3.15. The minimum atomic E-state index is 0.0988. The molecule has 3 heterocycles. The molecule has 1 aliphatic heterocycles. The Morgan fingerprint density at radius 3 is 2.72 bits per heavy atom. The van der Waals surface area contributed by atoms with Crippen molar-refractivity contribution in [1.82, 2.24) is 15.3 Å². The zero-order valence-electron chi connectivity index (χ0n) is 14.7. The van der Waals surface area contributed by atoms with Crippen LogP contribution in [0.4, 0.5) is 0 Å². The van der Waals surface area contributed by atoms with E-state index in [0.717, 1.165) is 17.0 Å². The molecule has 5 rings (SSSR count). The van der Waals surface area contributed by atoms with Crippen molar-refractivity contribution in [2.24, 2.45) is 0 Å². The number of aromatic amines is 1. The van der Waals surface area contributed by atoms with Gasteiger partial charge in [0.1, 0.15) is 5.65 Å². The van der Waals surface area contributed by atoms with Gasteiger partial charge in [0.25, 0.3) is 0 Å². The number of fused-ring (bicyclic) bond motifs is 3. The molecule has 1 aromatic carbocycles. The molecule has 0 saturated heterocycles. The van der Waals surface area contributed by atoms with E-state index in [0.29, 0.717) is 0 Å². The quantitative estimate of drug-likeness (QED) is 0.638. The van der Waals surface area contributed by atoms with Crippen molar-refractivity contribution >= 4 is 16.7 Å². The smallest absolute Gasteiger partial charge is 0.138 e. The Kier molecular flexibility index (Phi) is 3.08. The van der Waals surface area contributed by atoms with Gasteiger partial charge < -0.3 is 10.3 Å². The van der Waals surface area contributed by atoms with Crippen LogP contribution in [0.2, 0.25) is 0 Å². The van der Waals surface area contributed by atoms with Crippen LogP contribution >= 0.6 is 0 Å². The fourth-order valence-corrected chi connectivity index (χ4v) is 4.69. The summed E-state index contributed by atoms with van der Waals surface area (Å²) in [6.07, 6.45) is 8.43. The summed E-state index contributed by atoms with van der Waals surface area (Å²) in [5, 5.41) is 4.93. The SMILES string of the molecule is C=C1NC2(CCCCC2)c2cc(-c3c[nH]c4nc(C)ccc34)ccc21. The molecule has 1 aliphatic carbocycles. The van der Waals surface area contributed by atoms with Gasteiger partial charge in [0.15, 0.2) is 0 Å². The molecular formula is C22H23N3. The maximum absolute atomic E-state index is 4.61. The number of benzene rings is 1. The predicted octanol–water partition coefficient (Wildman–Crippen LogP) is 5.27. The van der Waals surface area contributed by atoms with Gasteiger partial charge in [-0.1, -0.05) is 38.0 Å². The molecule has 0 bridgehead atoms. The Morgan fingerprint density at radius 1 is 1.04 bits per heavy atom. The number of nitrogens with one attached hydrogen (secondary N) is 2. The normalized spacial score (nSPS) is 18.5. The Labute approximate surface area is 148 Å². The summed E-state index contributed by atoms with van der Waals surface area (Å²) < 4.78 is 0. The summed E-state index contributed by atoms with van der Waals surface area (Å²) in [5.41, 5.74) is 8.40. The second-order valence-corrected chi connectivity index (χ2v) is 7.56. The molecule has 3 nitrogen and oxygen atoms in total. The van der Waals surface area contributed by atoms with E-state index in [-0.39, 0.29) is 5.54 Å². The van der Waals surface area contributed by atoms with Gasteiger partial charge in [-0.15, -0.1) is 0 Å². The summed E-state index contributed by atoms with van der Waals surface area (Å²) in [7, 11) is 0. The Balaban J connectivity index is 1.67. The van der Waals surface area contributed by atoms with Crippen LogP contribution in [0, 0.1) is 6.92 Å². The van der Waals surface area contributed by atoms with Gasteiger partial charge in [-0.2, -0.15) is 0 Å². The molecule has 0 atom stereocenters. The number of nitrogens with zero attached hydrogens (tertiary/aromatic N) is 1. The van der Waals surface area contributed by atoms with E-state index in [1.807, 2.05) is 6.92 Å². The fraction of sp³-hybridized carbons (Fsp3) is 0.318.